The van der Waals surface area contributed by atoms with Crippen LogP contribution in [0.4, 0.5) is 5.95 Å². The fourth-order valence-electron chi connectivity index (χ4n) is 5.05. The second-order valence-corrected chi connectivity index (χ2v) is 9.83. The van der Waals surface area contributed by atoms with Gasteiger partial charge in [0, 0.05) is 69.2 Å². The number of aromatic nitrogens is 3. The van der Waals surface area contributed by atoms with Gasteiger partial charge in [-0.3, -0.25) is 4.79 Å². The third-order valence-corrected chi connectivity index (χ3v) is 7.25. The zero-order valence-corrected chi connectivity index (χ0v) is 21.6. The van der Waals surface area contributed by atoms with Gasteiger partial charge in [-0.2, -0.15) is 0 Å². The molecule has 10 heteroatoms. The number of carbonyl (C=O) groups is 1. The number of amides is 1. The Bertz CT molecular complexity index is 1180. The molecule has 0 bridgehead atoms. The van der Waals surface area contributed by atoms with Crippen LogP contribution in [0.3, 0.4) is 0 Å². The molecule has 1 aromatic carbocycles. The summed E-state index contributed by atoms with van der Waals surface area (Å²) < 4.78 is 13.0. The van der Waals surface area contributed by atoms with Crippen molar-refractivity contribution in [3.05, 3.63) is 47.9 Å². The molecular weight excluding hydrogens is 472 g/mol. The SMILES string of the molecule is COc1ccc2c(c1)c(CNCC1CCN(c3ncc(C(=O)NOC4CCCCO4)cn3)CC1)cn2C. The van der Waals surface area contributed by atoms with Crippen LogP contribution in [0.25, 0.3) is 10.9 Å². The van der Waals surface area contributed by atoms with Crippen molar-refractivity contribution >= 4 is 22.8 Å². The number of anilines is 1. The van der Waals surface area contributed by atoms with E-state index >= 15 is 0 Å². The van der Waals surface area contributed by atoms with Crippen molar-refractivity contribution < 1.29 is 19.1 Å². The number of aryl methyl sites for hydroxylation is 1. The summed E-state index contributed by atoms with van der Waals surface area (Å²) in [6.07, 6.45) is 9.88. The second-order valence-electron chi connectivity index (χ2n) is 9.83. The van der Waals surface area contributed by atoms with E-state index in [1.807, 2.05) is 6.07 Å². The Morgan fingerprint density at radius 1 is 1.16 bits per heavy atom. The third kappa shape index (κ3) is 6.20. The van der Waals surface area contributed by atoms with Gasteiger partial charge in [0.2, 0.25) is 5.95 Å². The minimum Gasteiger partial charge on any atom is -0.497 e. The highest BCUT2D eigenvalue weighted by Crippen LogP contribution is 2.26. The molecule has 2 N–H and O–H groups in total. The van der Waals surface area contributed by atoms with E-state index in [1.54, 1.807) is 19.5 Å². The number of carbonyl (C=O) groups excluding carboxylic acids is 1. The summed E-state index contributed by atoms with van der Waals surface area (Å²) in [4.78, 5) is 28.7. The molecule has 2 aliphatic heterocycles. The number of methoxy groups -OCH3 is 1. The smallest absolute Gasteiger partial charge is 0.278 e. The molecular formula is C27H36N6O4. The zero-order chi connectivity index (χ0) is 25.6. The Balaban J connectivity index is 1.06. The number of rotatable bonds is 9. The zero-order valence-electron chi connectivity index (χ0n) is 21.6. The Labute approximate surface area is 217 Å². The maximum Gasteiger partial charge on any atom is 0.278 e. The van der Waals surface area contributed by atoms with Crippen LogP contribution in [-0.4, -0.2) is 60.1 Å². The van der Waals surface area contributed by atoms with Gasteiger partial charge >= 0.3 is 0 Å². The molecule has 0 aliphatic carbocycles. The number of hydroxylamine groups is 1. The van der Waals surface area contributed by atoms with E-state index in [0.717, 1.165) is 64.0 Å². The Hall–Kier alpha value is -3.21. The van der Waals surface area contributed by atoms with Crippen molar-refractivity contribution in [2.45, 2.75) is 44.9 Å². The first-order valence-corrected chi connectivity index (χ1v) is 13.1. The van der Waals surface area contributed by atoms with Gasteiger partial charge in [-0.15, -0.1) is 0 Å². The third-order valence-electron chi connectivity index (χ3n) is 7.25. The number of piperidine rings is 1. The standard InChI is InChI=1S/C27H36N6O4/c1-32-18-21(23-13-22(35-2)6-7-24(23)32)15-28-14-19-8-10-33(11-9-19)27-29-16-20(17-30-27)26(34)31-37-25-5-3-4-12-36-25/h6-7,13,16-19,25,28H,3-5,8-12,14-15H2,1-2H3,(H,31,34). The summed E-state index contributed by atoms with van der Waals surface area (Å²) in [7, 11) is 3.78. The summed E-state index contributed by atoms with van der Waals surface area (Å²) in [5.41, 5.74) is 5.30. The quantitative estimate of drug-likeness (QED) is 0.425. The van der Waals surface area contributed by atoms with E-state index < -0.39 is 0 Å². The monoisotopic (exact) mass is 508 g/mol. The lowest BCUT2D eigenvalue weighted by Gasteiger charge is -2.32. The summed E-state index contributed by atoms with van der Waals surface area (Å²) in [6.45, 7) is 4.24. The van der Waals surface area contributed by atoms with Crippen molar-refractivity contribution in [3.8, 4) is 5.75 Å². The van der Waals surface area contributed by atoms with E-state index in [1.165, 1.54) is 16.5 Å². The van der Waals surface area contributed by atoms with Crippen LogP contribution >= 0.6 is 0 Å². The maximum atomic E-state index is 12.3. The fraction of sp³-hybridized carbons (Fsp3) is 0.519. The molecule has 3 aromatic rings. The molecule has 2 saturated heterocycles. The first-order chi connectivity index (χ1) is 18.1. The first kappa shape index (κ1) is 25.4. The van der Waals surface area contributed by atoms with Crippen LogP contribution in [-0.2, 0) is 23.2 Å². The minimum atomic E-state index is -0.385. The Morgan fingerprint density at radius 2 is 1.97 bits per heavy atom. The van der Waals surface area contributed by atoms with Crippen LogP contribution in [0, 0.1) is 5.92 Å². The van der Waals surface area contributed by atoms with E-state index in [2.05, 4.69) is 55.6 Å². The Morgan fingerprint density at radius 3 is 2.70 bits per heavy atom. The highest BCUT2D eigenvalue weighted by molar-refractivity contribution is 5.92. The van der Waals surface area contributed by atoms with Crippen LogP contribution < -0.4 is 20.4 Å². The minimum absolute atomic E-state index is 0.365. The van der Waals surface area contributed by atoms with Gasteiger partial charge in [0.25, 0.3) is 5.91 Å². The largest absolute Gasteiger partial charge is 0.497 e. The molecule has 0 radical (unpaired) electrons. The maximum absolute atomic E-state index is 12.3. The van der Waals surface area contributed by atoms with Gasteiger partial charge < -0.3 is 24.3 Å². The van der Waals surface area contributed by atoms with E-state index in [4.69, 9.17) is 14.3 Å². The van der Waals surface area contributed by atoms with E-state index in [-0.39, 0.29) is 12.2 Å². The normalized spacial score (nSPS) is 18.8. The lowest BCUT2D eigenvalue weighted by molar-refractivity contribution is -0.186. The summed E-state index contributed by atoms with van der Waals surface area (Å²) in [6, 6.07) is 6.22. The molecule has 2 aliphatic rings. The number of hydrogen-bond donors (Lipinski definition) is 2. The van der Waals surface area contributed by atoms with Crippen LogP contribution in [0.15, 0.2) is 36.8 Å². The van der Waals surface area contributed by atoms with Crippen molar-refractivity contribution in [3.63, 3.8) is 0 Å². The average molecular weight is 509 g/mol. The van der Waals surface area contributed by atoms with Crippen LogP contribution in [0.5, 0.6) is 5.75 Å². The summed E-state index contributed by atoms with van der Waals surface area (Å²) in [5.74, 6) is 1.77. The van der Waals surface area contributed by atoms with Crippen molar-refractivity contribution in [1.29, 1.82) is 0 Å². The topological polar surface area (TPSA) is 103 Å². The number of hydrogen-bond acceptors (Lipinski definition) is 8. The molecule has 1 amide bonds. The number of ether oxygens (including phenoxy) is 2. The number of benzene rings is 1. The Kier molecular flexibility index (Phi) is 8.18. The molecule has 4 heterocycles. The van der Waals surface area contributed by atoms with Gasteiger partial charge in [0.15, 0.2) is 6.29 Å². The van der Waals surface area contributed by atoms with Crippen molar-refractivity contribution in [1.82, 2.24) is 25.3 Å². The predicted molar refractivity (Wildman–Crippen MR) is 140 cm³/mol. The lowest BCUT2D eigenvalue weighted by Crippen LogP contribution is -2.38. The lowest BCUT2D eigenvalue weighted by atomic mass is 9.97. The molecule has 2 aromatic heterocycles. The van der Waals surface area contributed by atoms with Crippen molar-refractivity contribution in [2.75, 3.05) is 38.3 Å². The molecule has 0 spiro atoms. The van der Waals surface area contributed by atoms with Gasteiger partial charge in [0.05, 0.1) is 12.7 Å². The average Bonchev–Trinajstić information content (AvgIpc) is 3.27. The number of nitrogens with zero attached hydrogens (tertiary/aromatic N) is 4. The first-order valence-electron chi connectivity index (χ1n) is 13.1. The molecule has 10 nitrogen and oxygen atoms in total. The summed E-state index contributed by atoms with van der Waals surface area (Å²) in [5, 5.41) is 4.88. The molecule has 1 unspecified atom stereocenters. The number of fused-ring (bicyclic) bond motifs is 1. The molecule has 37 heavy (non-hydrogen) atoms. The molecule has 5 rings (SSSR count). The highest BCUT2D eigenvalue weighted by Gasteiger charge is 2.22. The fourth-order valence-corrected chi connectivity index (χ4v) is 5.05. The van der Waals surface area contributed by atoms with Gasteiger partial charge in [-0.1, -0.05) is 0 Å². The van der Waals surface area contributed by atoms with Gasteiger partial charge in [-0.05, 0) is 61.9 Å². The number of nitrogens with one attached hydrogen (secondary N) is 2. The van der Waals surface area contributed by atoms with Crippen LogP contribution in [0.2, 0.25) is 0 Å². The van der Waals surface area contributed by atoms with E-state index in [0.29, 0.717) is 24.0 Å². The highest BCUT2D eigenvalue weighted by atomic mass is 16.8. The van der Waals surface area contributed by atoms with Gasteiger partial charge in [-0.25, -0.2) is 20.3 Å². The van der Waals surface area contributed by atoms with Crippen LogP contribution in [0.1, 0.15) is 48.0 Å². The summed E-state index contributed by atoms with van der Waals surface area (Å²) >= 11 is 0. The molecule has 1 atom stereocenters. The molecule has 0 saturated carbocycles. The van der Waals surface area contributed by atoms with Gasteiger partial charge in [0.1, 0.15) is 5.75 Å². The second kappa shape index (κ2) is 11.9. The predicted octanol–water partition coefficient (Wildman–Crippen LogP) is 3.17. The molecule has 2 fully saturated rings. The van der Waals surface area contributed by atoms with Crippen molar-refractivity contribution in [2.24, 2.45) is 13.0 Å². The molecule has 198 valence electrons. The van der Waals surface area contributed by atoms with E-state index in [9.17, 15) is 4.79 Å².